The summed E-state index contributed by atoms with van der Waals surface area (Å²) >= 11 is 5.68. The summed E-state index contributed by atoms with van der Waals surface area (Å²) in [4.78, 5) is 3.28. The summed E-state index contributed by atoms with van der Waals surface area (Å²) in [5, 5.41) is 9.63. The molecule has 0 spiro atoms. The SMILES string of the molecule is CC1CC1C(O)c1ccc(C(F)(F)F)nc1Cl. The summed E-state index contributed by atoms with van der Waals surface area (Å²) in [6.45, 7) is 1.97. The lowest BCUT2D eigenvalue weighted by atomic mass is 10.1. The van der Waals surface area contributed by atoms with Gasteiger partial charge in [-0.05, 0) is 24.3 Å². The number of aliphatic hydroxyl groups excluding tert-OH is 1. The van der Waals surface area contributed by atoms with Gasteiger partial charge in [0.2, 0.25) is 0 Å². The first kappa shape index (κ1) is 12.6. The number of aliphatic hydroxyl groups is 1. The third-order valence-corrected chi connectivity index (χ3v) is 3.37. The zero-order valence-electron chi connectivity index (χ0n) is 9.00. The zero-order valence-corrected chi connectivity index (χ0v) is 9.76. The number of pyridine rings is 1. The van der Waals surface area contributed by atoms with Crippen molar-refractivity contribution < 1.29 is 18.3 Å². The van der Waals surface area contributed by atoms with E-state index in [-0.39, 0.29) is 16.6 Å². The molecule has 1 heterocycles. The maximum atomic E-state index is 12.4. The summed E-state index contributed by atoms with van der Waals surface area (Å²) < 4.78 is 37.1. The van der Waals surface area contributed by atoms with E-state index in [1.54, 1.807) is 0 Å². The van der Waals surface area contributed by atoms with Gasteiger partial charge in [0.1, 0.15) is 10.8 Å². The molecule has 0 saturated heterocycles. The molecule has 0 bridgehead atoms. The predicted molar refractivity (Wildman–Crippen MR) is 56.5 cm³/mol. The monoisotopic (exact) mass is 265 g/mol. The molecular formula is C11H11ClF3NO. The van der Waals surface area contributed by atoms with Gasteiger partial charge in [-0.1, -0.05) is 24.6 Å². The van der Waals surface area contributed by atoms with Crippen molar-refractivity contribution >= 4 is 11.6 Å². The normalized spacial score (nSPS) is 25.8. The first-order valence-corrected chi connectivity index (χ1v) is 5.60. The van der Waals surface area contributed by atoms with E-state index in [1.807, 2.05) is 6.92 Å². The van der Waals surface area contributed by atoms with Crippen molar-refractivity contribution in [2.24, 2.45) is 11.8 Å². The summed E-state index contributed by atoms with van der Waals surface area (Å²) in [5.41, 5.74) is -0.767. The number of halogens is 4. The number of hydrogen-bond acceptors (Lipinski definition) is 2. The molecule has 6 heteroatoms. The van der Waals surface area contributed by atoms with Gasteiger partial charge in [-0.15, -0.1) is 0 Å². The Balaban J connectivity index is 2.26. The van der Waals surface area contributed by atoms with Gasteiger partial charge in [-0.2, -0.15) is 13.2 Å². The molecule has 2 rings (SSSR count). The third-order valence-electron chi connectivity index (χ3n) is 3.06. The van der Waals surface area contributed by atoms with Crippen LogP contribution in [0.15, 0.2) is 12.1 Å². The molecule has 17 heavy (non-hydrogen) atoms. The molecule has 1 N–H and O–H groups in total. The van der Waals surface area contributed by atoms with Crippen molar-refractivity contribution in [3.63, 3.8) is 0 Å². The number of nitrogens with zero attached hydrogens (tertiary/aromatic N) is 1. The molecule has 94 valence electrons. The van der Waals surface area contributed by atoms with Gasteiger partial charge in [-0.25, -0.2) is 4.98 Å². The van der Waals surface area contributed by atoms with Crippen LogP contribution in [-0.2, 0) is 6.18 Å². The Kier molecular flexibility index (Phi) is 3.08. The third kappa shape index (κ3) is 2.55. The van der Waals surface area contributed by atoms with Gasteiger partial charge in [-0.3, -0.25) is 0 Å². The standard InChI is InChI=1S/C11H11ClF3NO/c1-5-4-7(5)9(17)6-2-3-8(11(13,14)15)16-10(6)12/h2-3,5,7,9,17H,4H2,1H3. The van der Waals surface area contributed by atoms with Crippen molar-refractivity contribution in [3.05, 3.63) is 28.5 Å². The van der Waals surface area contributed by atoms with Crippen LogP contribution in [0, 0.1) is 11.8 Å². The lowest BCUT2D eigenvalue weighted by Crippen LogP contribution is -2.10. The van der Waals surface area contributed by atoms with E-state index in [0.717, 1.165) is 12.5 Å². The fraction of sp³-hybridized carbons (Fsp3) is 0.545. The number of rotatable bonds is 2. The Morgan fingerprint density at radius 1 is 1.47 bits per heavy atom. The van der Waals surface area contributed by atoms with E-state index in [4.69, 9.17) is 11.6 Å². The van der Waals surface area contributed by atoms with E-state index >= 15 is 0 Å². The molecule has 0 aliphatic heterocycles. The van der Waals surface area contributed by atoms with E-state index in [0.29, 0.717) is 5.92 Å². The fourth-order valence-electron chi connectivity index (χ4n) is 1.85. The van der Waals surface area contributed by atoms with E-state index in [9.17, 15) is 18.3 Å². The van der Waals surface area contributed by atoms with Crippen LogP contribution in [0.1, 0.15) is 30.7 Å². The maximum Gasteiger partial charge on any atom is 0.433 e. The van der Waals surface area contributed by atoms with Gasteiger partial charge >= 0.3 is 6.18 Å². The van der Waals surface area contributed by atoms with Crippen molar-refractivity contribution in [2.45, 2.75) is 25.6 Å². The van der Waals surface area contributed by atoms with Gasteiger partial charge in [0.25, 0.3) is 0 Å². The minimum Gasteiger partial charge on any atom is -0.388 e. The highest BCUT2D eigenvalue weighted by atomic mass is 35.5. The molecule has 0 amide bonds. The molecule has 1 fully saturated rings. The summed E-state index contributed by atoms with van der Waals surface area (Å²) in [5.74, 6) is 0.453. The molecule has 3 unspecified atom stereocenters. The highest BCUT2D eigenvalue weighted by molar-refractivity contribution is 6.30. The predicted octanol–water partition coefficient (Wildman–Crippen LogP) is 3.44. The Labute approximate surface area is 101 Å². The van der Waals surface area contributed by atoms with Crippen LogP contribution < -0.4 is 0 Å². The first-order valence-electron chi connectivity index (χ1n) is 5.22. The second-order valence-corrected chi connectivity index (χ2v) is 4.75. The summed E-state index contributed by atoms with van der Waals surface area (Å²) in [6.07, 6.45) is -4.48. The van der Waals surface area contributed by atoms with Gasteiger partial charge in [0.05, 0.1) is 6.10 Å². The highest BCUT2D eigenvalue weighted by Gasteiger charge is 2.41. The number of aromatic nitrogens is 1. The molecule has 1 aromatic rings. The van der Waals surface area contributed by atoms with Crippen LogP contribution in [0.2, 0.25) is 5.15 Å². The van der Waals surface area contributed by atoms with E-state index in [2.05, 4.69) is 4.98 Å². The molecule has 1 saturated carbocycles. The molecule has 1 aromatic heterocycles. The summed E-state index contributed by atoms with van der Waals surface area (Å²) in [6, 6.07) is 2.05. The average molecular weight is 266 g/mol. The largest absolute Gasteiger partial charge is 0.433 e. The minimum absolute atomic E-state index is 0.0750. The molecular weight excluding hydrogens is 255 g/mol. The van der Waals surface area contributed by atoms with E-state index < -0.39 is 18.0 Å². The van der Waals surface area contributed by atoms with Crippen LogP contribution in [0.25, 0.3) is 0 Å². The van der Waals surface area contributed by atoms with Crippen molar-refractivity contribution in [3.8, 4) is 0 Å². The molecule has 1 aliphatic rings. The molecule has 2 nitrogen and oxygen atoms in total. The van der Waals surface area contributed by atoms with Crippen LogP contribution in [0.5, 0.6) is 0 Å². The van der Waals surface area contributed by atoms with Crippen LogP contribution in [-0.4, -0.2) is 10.1 Å². The zero-order chi connectivity index (χ0) is 12.8. The Hall–Kier alpha value is -0.810. The fourth-order valence-corrected chi connectivity index (χ4v) is 2.11. The Morgan fingerprint density at radius 3 is 2.47 bits per heavy atom. The molecule has 0 radical (unpaired) electrons. The maximum absolute atomic E-state index is 12.4. The van der Waals surface area contributed by atoms with Crippen LogP contribution >= 0.6 is 11.6 Å². The molecule has 0 aromatic carbocycles. The molecule has 3 atom stereocenters. The Morgan fingerprint density at radius 2 is 2.06 bits per heavy atom. The quantitative estimate of drug-likeness (QED) is 0.831. The minimum atomic E-state index is -4.51. The second kappa shape index (κ2) is 4.14. The second-order valence-electron chi connectivity index (χ2n) is 4.40. The van der Waals surface area contributed by atoms with E-state index in [1.165, 1.54) is 6.07 Å². The van der Waals surface area contributed by atoms with Gasteiger partial charge < -0.3 is 5.11 Å². The van der Waals surface area contributed by atoms with Crippen LogP contribution in [0.4, 0.5) is 13.2 Å². The lowest BCUT2D eigenvalue weighted by molar-refractivity contribution is -0.141. The van der Waals surface area contributed by atoms with Crippen molar-refractivity contribution in [1.82, 2.24) is 4.98 Å². The van der Waals surface area contributed by atoms with Crippen LogP contribution in [0.3, 0.4) is 0 Å². The average Bonchev–Trinajstić information content (AvgIpc) is 2.93. The summed E-state index contributed by atoms with van der Waals surface area (Å²) in [7, 11) is 0. The van der Waals surface area contributed by atoms with Gasteiger partial charge in [0.15, 0.2) is 0 Å². The Bertz CT molecular complexity index is 435. The first-order chi connectivity index (χ1) is 7.80. The number of alkyl halides is 3. The highest BCUT2D eigenvalue weighted by Crippen LogP contribution is 2.48. The van der Waals surface area contributed by atoms with Gasteiger partial charge in [0, 0.05) is 5.56 Å². The van der Waals surface area contributed by atoms with Crippen molar-refractivity contribution in [2.75, 3.05) is 0 Å². The lowest BCUT2D eigenvalue weighted by Gasteiger charge is -2.13. The number of hydrogen-bond donors (Lipinski definition) is 1. The van der Waals surface area contributed by atoms with Crippen molar-refractivity contribution in [1.29, 1.82) is 0 Å². The topological polar surface area (TPSA) is 33.1 Å². The smallest absolute Gasteiger partial charge is 0.388 e. The molecule has 1 aliphatic carbocycles.